The Bertz CT molecular complexity index is 759. The summed E-state index contributed by atoms with van der Waals surface area (Å²) in [5, 5.41) is 11.8. The SMILES string of the molecule is O=C(COC(=O)c1ccccc1O)Nc1ccc(OC(F)(F)F)cc1. The van der Waals surface area contributed by atoms with Crippen LogP contribution in [0.1, 0.15) is 10.4 Å². The number of carbonyl (C=O) groups excluding carboxylic acids is 2. The molecular weight excluding hydrogens is 343 g/mol. The number of phenols is 1. The lowest BCUT2D eigenvalue weighted by atomic mass is 10.2. The van der Waals surface area contributed by atoms with E-state index in [2.05, 4.69) is 10.1 Å². The Morgan fingerprint density at radius 3 is 2.28 bits per heavy atom. The van der Waals surface area contributed by atoms with Gasteiger partial charge in [0.1, 0.15) is 17.1 Å². The number of para-hydroxylation sites is 1. The van der Waals surface area contributed by atoms with Gasteiger partial charge in [0.15, 0.2) is 6.61 Å². The molecule has 0 fully saturated rings. The molecule has 9 heteroatoms. The summed E-state index contributed by atoms with van der Waals surface area (Å²) in [5.41, 5.74) is 0.0992. The van der Waals surface area contributed by atoms with Crippen molar-refractivity contribution in [3.05, 3.63) is 54.1 Å². The van der Waals surface area contributed by atoms with Crippen LogP contribution in [0.5, 0.6) is 11.5 Å². The van der Waals surface area contributed by atoms with Crippen LogP contribution in [0, 0.1) is 0 Å². The number of aromatic hydroxyl groups is 1. The zero-order valence-electron chi connectivity index (χ0n) is 12.5. The molecule has 0 bridgehead atoms. The number of benzene rings is 2. The maximum absolute atomic E-state index is 12.0. The lowest BCUT2D eigenvalue weighted by Crippen LogP contribution is -2.21. The third kappa shape index (κ3) is 5.72. The van der Waals surface area contributed by atoms with Crippen molar-refractivity contribution in [3.8, 4) is 11.5 Å². The highest BCUT2D eigenvalue weighted by atomic mass is 19.4. The van der Waals surface area contributed by atoms with Crippen molar-refractivity contribution < 1.29 is 37.3 Å². The monoisotopic (exact) mass is 355 g/mol. The normalized spacial score (nSPS) is 10.8. The first-order valence-corrected chi connectivity index (χ1v) is 6.85. The van der Waals surface area contributed by atoms with Crippen molar-refractivity contribution in [1.82, 2.24) is 0 Å². The van der Waals surface area contributed by atoms with Gasteiger partial charge in [0, 0.05) is 5.69 Å². The van der Waals surface area contributed by atoms with Crippen LogP contribution in [0.3, 0.4) is 0 Å². The number of alkyl halides is 3. The van der Waals surface area contributed by atoms with E-state index in [0.717, 1.165) is 12.1 Å². The van der Waals surface area contributed by atoms with E-state index < -0.39 is 30.6 Å². The molecule has 2 aromatic rings. The number of rotatable bonds is 5. The van der Waals surface area contributed by atoms with E-state index in [9.17, 15) is 27.9 Å². The number of anilines is 1. The van der Waals surface area contributed by atoms with Crippen LogP contribution in [0.4, 0.5) is 18.9 Å². The molecular formula is C16H12F3NO5. The van der Waals surface area contributed by atoms with Crippen LogP contribution in [0.2, 0.25) is 0 Å². The van der Waals surface area contributed by atoms with Crippen LogP contribution in [-0.4, -0.2) is 30.0 Å². The first-order chi connectivity index (χ1) is 11.7. The lowest BCUT2D eigenvalue weighted by Gasteiger charge is -2.10. The van der Waals surface area contributed by atoms with Gasteiger partial charge in [-0.1, -0.05) is 12.1 Å². The summed E-state index contributed by atoms with van der Waals surface area (Å²) in [6.45, 7) is -0.631. The van der Waals surface area contributed by atoms with E-state index in [1.807, 2.05) is 0 Å². The topological polar surface area (TPSA) is 84.9 Å². The summed E-state index contributed by atoms with van der Waals surface area (Å²) in [6, 6.07) is 10.1. The van der Waals surface area contributed by atoms with Gasteiger partial charge in [-0.3, -0.25) is 4.79 Å². The standard InChI is InChI=1S/C16H12F3NO5/c17-16(18,19)25-11-7-5-10(6-8-11)20-14(22)9-24-15(23)12-3-1-2-4-13(12)21/h1-8,21H,9H2,(H,20,22). The van der Waals surface area contributed by atoms with Gasteiger partial charge < -0.3 is 19.9 Å². The third-order valence-corrected chi connectivity index (χ3v) is 2.83. The minimum atomic E-state index is -4.80. The molecule has 0 saturated heterocycles. The van der Waals surface area contributed by atoms with E-state index in [0.29, 0.717) is 0 Å². The second-order valence-corrected chi connectivity index (χ2v) is 4.71. The van der Waals surface area contributed by atoms with Crippen molar-refractivity contribution in [1.29, 1.82) is 0 Å². The fourth-order valence-electron chi connectivity index (χ4n) is 1.79. The first-order valence-electron chi connectivity index (χ1n) is 6.85. The second-order valence-electron chi connectivity index (χ2n) is 4.71. The van der Waals surface area contributed by atoms with Gasteiger partial charge in [-0.05, 0) is 36.4 Å². The minimum Gasteiger partial charge on any atom is -0.507 e. The van der Waals surface area contributed by atoms with Gasteiger partial charge >= 0.3 is 12.3 Å². The van der Waals surface area contributed by atoms with Crippen LogP contribution in [0.25, 0.3) is 0 Å². The molecule has 0 radical (unpaired) electrons. The van der Waals surface area contributed by atoms with E-state index in [1.165, 1.54) is 36.4 Å². The Labute approximate surface area is 139 Å². The maximum atomic E-state index is 12.0. The molecule has 132 valence electrons. The molecule has 0 heterocycles. The number of carbonyl (C=O) groups is 2. The van der Waals surface area contributed by atoms with Crippen molar-refractivity contribution in [3.63, 3.8) is 0 Å². The van der Waals surface area contributed by atoms with Gasteiger partial charge in [-0.2, -0.15) is 0 Å². The van der Waals surface area contributed by atoms with Crippen molar-refractivity contribution in [2.24, 2.45) is 0 Å². The van der Waals surface area contributed by atoms with Crippen molar-refractivity contribution in [2.45, 2.75) is 6.36 Å². The second kappa shape index (κ2) is 7.56. The number of nitrogens with one attached hydrogen (secondary N) is 1. The van der Waals surface area contributed by atoms with Crippen LogP contribution >= 0.6 is 0 Å². The molecule has 2 rings (SSSR count). The molecule has 0 aliphatic carbocycles. The first kappa shape index (κ1) is 18.1. The van der Waals surface area contributed by atoms with Gasteiger partial charge in [0.05, 0.1) is 0 Å². The number of esters is 1. The molecule has 0 spiro atoms. The molecule has 0 atom stereocenters. The van der Waals surface area contributed by atoms with Gasteiger partial charge in [-0.15, -0.1) is 13.2 Å². The molecule has 0 aliphatic rings. The number of phenolic OH excluding ortho intramolecular Hbond substituents is 1. The average molecular weight is 355 g/mol. The van der Waals surface area contributed by atoms with Crippen LogP contribution in [-0.2, 0) is 9.53 Å². The predicted molar refractivity (Wildman–Crippen MR) is 80.1 cm³/mol. The number of halogens is 3. The molecule has 0 aliphatic heterocycles. The Morgan fingerprint density at radius 2 is 1.68 bits per heavy atom. The lowest BCUT2D eigenvalue weighted by molar-refractivity contribution is -0.274. The fraction of sp³-hybridized carbons (Fsp3) is 0.125. The van der Waals surface area contributed by atoms with Gasteiger partial charge in [0.25, 0.3) is 5.91 Å². The third-order valence-electron chi connectivity index (χ3n) is 2.83. The summed E-state index contributed by atoms with van der Waals surface area (Å²) in [5.74, 6) is -2.31. The van der Waals surface area contributed by atoms with Gasteiger partial charge in [-0.25, -0.2) is 4.79 Å². The molecule has 0 unspecified atom stereocenters. The predicted octanol–water partition coefficient (Wildman–Crippen LogP) is 3.09. The van der Waals surface area contributed by atoms with E-state index in [-0.39, 0.29) is 17.0 Å². The summed E-state index contributed by atoms with van der Waals surface area (Å²) < 4.78 is 44.6. The highest BCUT2D eigenvalue weighted by Gasteiger charge is 2.30. The number of ether oxygens (including phenoxy) is 2. The Hall–Kier alpha value is -3.23. The summed E-state index contributed by atoms with van der Waals surface area (Å²) in [7, 11) is 0. The number of amides is 1. The fourth-order valence-corrected chi connectivity index (χ4v) is 1.79. The van der Waals surface area contributed by atoms with E-state index in [1.54, 1.807) is 0 Å². The Morgan fingerprint density at radius 1 is 1.04 bits per heavy atom. The smallest absolute Gasteiger partial charge is 0.507 e. The zero-order chi connectivity index (χ0) is 18.4. The molecule has 6 nitrogen and oxygen atoms in total. The Balaban J connectivity index is 1.86. The van der Waals surface area contributed by atoms with Crippen molar-refractivity contribution in [2.75, 3.05) is 11.9 Å². The molecule has 0 saturated carbocycles. The minimum absolute atomic E-state index is 0.0936. The highest BCUT2D eigenvalue weighted by Crippen LogP contribution is 2.24. The van der Waals surface area contributed by atoms with Gasteiger partial charge in [0.2, 0.25) is 0 Å². The zero-order valence-corrected chi connectivity index (χ0v) is 12.5. The summed E-state index contributed by atoms with van der Waals surface area (Å²) >= 11 is 0. The molecule has 2 N–H and O–H groups in total. The average Bonchev–Trinajstić information content (AvgIpc) is 2.53. The number of hydrogen-bond donors (Lipinski definition) is 2. The number of hydrogen-bond acceptors (Lipinski definition) is 5. The highest BCUT2D eigenvalue weighted by molar-refractivity contribution is 5.96. The quantitative estimate of drug-likeness (QED) is 0.805. The molecule has 2 aromatic carbocycles. The van der Waals surface area contributed by atoms with E-state index in [4.69, 9.17) is 4.74 Å². The van der Waals surface area contributed by atoms with Crippen LogP contribution < -0.4 is 10.1 Å². The van der Waals surface area contributed by atoms with Crippen LogP contribution in [0.15, 0.2) is 48.5 Å². The molecule has 0 aromatic heterocycles. The summed E-state index contributed by atoms with van der Waals surface area (Å²) in [4.78, 5) is 23.4. The molecule has 25 heavy (non-hydrogen) atoms. The van der Waals surface area contributed by atoms with Crippen molar-refractivity contribution >= 4 is 17.6 Å². The maximum Gasteiger partial charge on any atom is 0.573 e. The Kier molecular flexibility index (Phi) is 5.48. The largest absolute Gasteiger partial charge is 0.573 e. The molecule has 1 amide bonds. The van der Waals surface area contributed by atoms with E-state index >= 15 is 0 Å². The summed E-state index contributed by atoms with van der Waals surface area (Å²) in [6.07, 6.45) is -4.80.